The highest BCUT2D eigenvalue weighted by molar-refractivity contribution is 7.92. The van der Waals surface area contributed by atoms with E-state index in [1.165, 1.54) is 6.08 Å². The highest BCUT2D eigenvalue weighted by atomic mass is 32.2. The van der Waals surface area contributed by atoms with E-state index in [-0.39, 0.29) is 5.91 Å². The molecule has 0 atom stereocenters. The summed E-state index contributed by atoms with van der Waals surface area (Å²) in [6.45, 7) is 8.13. The quantitative estimate of drug-likeness (QED) is 0.509. The molecule has 0 saturated carbocycles. The van der Waals surface area contributed by atoms with Gasteiger partial charge in [0.25, 0.3) is 0 Å². The topological polar surface area (TPSA) is 97.6 Å². The number of carbonyl (C=O) groups excluding carboxylic acids is 1. The van der Waals surface area contributed by atoms with Gasteiger partial charge in [0.1, 0.15) is 17.1 Å². The number of allylic oxidation sites excluding steroid dienone is 1. The molecule has 8 heteroatoms. The van der Waals surface area contributed by atoms with Crippen LogP contribution in [0.5, 0.6) is 5.75 Å². The molecule has 0 radical (unpaired) electrons. The first-order chi connectivity index (χ1) is 14.6. The summed E-state index contributed by atoms with van der Waals surface area (Å²) in [5, 5.41) is 3.74. The number of benzene rings is 2. The van der Waals surface area contributed by atoms with Gasteiger partial charge in [-0.15, -0.1) is 0 Å². The Morgan fingerprint density at radius 3 is 2.55 bits per heavy atom. The summed E-state index contributed by atoms with van der Waals surface area (Å²) >= 11 is 0. The van der Waals surface area contributed by atoms with Crippen LogP contribution in [0, 0.1) is 13.8 Å². The van der Waals surface area contributed by atoms with Gasteiger partial charge in [-0.05, 0) is 63.1 Å². The van der Waals surface area contributed by atoms with Crippen molar-refractivity contribution in [3.8, 4) is 5.75 Å². The van der Waals surface area contributed by atoms with Crippen LogP contribution < -0.4 is 14.8 Å². The second-order valence-electron chi connectivity index (χ2n) is 7.33. The van der Waals surface area contributed by atoms with E-state index in [0.29, 0.717) is 23.7 Å². The smallest absolute Gasteiger partial charge is 0.248 e. The number of furan rings is 1. The van der Waals surface area contributed by atoms with Gasteiger partial charge in [-0.2, -0.15) is 0 Å². The number of fused-ring (bicyclic) bond motifs is 1. The van der Waals surface area contributed by atoms with Gasteiger partial charge in [-0.1, -0.05) is 6.07 Å². The van der Waals surface area contributed by atoms with Crippen LogP contribution >= 0.6 is 0 Å². The van der Waals surface area contributed by atoms with Crippen molar-refractivity contribution in [3.63, 3.8) is 0 Å². The molecule has 0 saturated heterocycles. The zero-order valence-corrected chi connectivity index (χ0v) is 19.0. The normalized spacial score (nSPS) is 12.1. The SMILES string of the molecule is CCOc1cc2oc(C)c(C)c2cc1/C(C)=C/C(=O)Nc1cccc(NS(C)(=O)=O)c1. The third-order valence-corrected chi connectivity index (χ3v) is 5.39. The second-order valence-corrected chi connectivity index (χ2v) is 9.08. The molecule has 0 fully saturated rings. The molecular weight excluding hydrogens is 416 g/mol. The standard InChI is InChI=1S/C23H26N2O5S/c1-6-29-21-13-22-20(15(3)16(4)30-22)12-19(21)14(2)10-23(26)24-17-8-7-9-18(11-17)25-31(5,27)28/h7-13,25H,6H2,1-5H3,(H,24,26)/b14-10+. The third kappa shape index (κ3) is 5.46. The highest BCUT2D eigenvalue weighted by Crippen LogP contribution is 2.35. The van der Waals surface area contributed by atoms with Crippen LogP contribution in [0.3, 0.4) is 0 Å². The predicted molar refractivity (Wildman–Crippen MR) is 124 cm³/mol. The van der Waals surface area contributed by atoms with Crippen molar-refractivity contribution in [1.29, 1.82) is 0 Å². The van der Waals surface area contributed by atoms with Crippen molar-refractivity contribution >= 4 is 43.8 Å². The number of ether oxygens (including phenoxy) is 1. The Morgan fingerprint density at radius 2 is 1.87 bits per heavy atom. The van der Waals surface area contributed by atoms with Crippen LogP contribution in [0.25, 0.3) is 16.5 Å². The minimum absolute atomic E-state index is 0.336. The Labute approximate surface area is 182 Å². The molecule has 0 aliphatic rings. The van der Waals surface area contributed by atoms with Gasteiger partial charge < -0.3 is 14.5 Å². The average Bonchev–Trinajstić information content (AvgIpc) is 2.93. The zero-order chi connectivity index (χ0) is 22.8. The second kappa shape index (κ2) is 8.85. The van der Waals surface area contributed by atoms with Crippen molar-refractivity contribution in [1.82, 2.24) is 0 Å². The van der Waals surface area contributed by atoms with E-state index in [1.54, 1.807) is 24.3 Å². The molecule has 0 bridgehead atoms. The lowest BCUT2D eigenvalue weighted by Crippen LogP contribution is -2.11. The third-order valence-electron chi connectivity index (χ3n) is 4.78. The Hall–Kier alpha value is -3.26. The minimum atomic E-state index is -3.40. The maximum atomic E-state index is 12.6. The largest absolute Gasteiger partial charge is 0.493 e. The first-order valence-corrected chi connectivity index (χ1v) is 11.7. The molecule has 2 aromatic carbocycles. The lowest BCUT2D eigenvalue weighted by molar-refractivity contribution is -0.111. The number of carbonyl (C=O) groups is 1. The fourth-order valence-electron chi connectivity index (χ4n) is 3.28. The monoisotopic (exact) mass is 442 g/mol. The van der Waals surface area contributed by atoms with Gasteiger partial charge in [-0.25, -0.2) is 8.42 Å². The maximum absolute atomic E-state index is 12.6. The van der Waals surface area contributed by atoms with Crippen molar-refractivity contribution in [2.75, 3.05) is 22.9 Å². The molecule has 0 aliphatic heterocycles. The van der Waals surface area contributed by atoms with Gasteiger partial charge in [0.15, 0.2) is 0 Å². The molecule has 1 amide bonds. The number of aryl methyl sites for hydroxylation is 2. The molecule has 31 heavy (non-hydrogen) atoms. The summed E-state index contributed by atoms with van der Waals surface area (Å²) in [4.78, 5) is 12.6. The highest BCUT2D eigenvalue weighted by Gasteiger charge is 2.15. The molecule has 0 unspecified atom stereocenters. The summed E-state index contributed by atoms with van der Waals surface area (Å²) in [6, 6.07) is 10.3. The van der Waals surface area contributed by atoms with Crippen molar-refractivity contribution in [2.24, 2.45) is 0 Å². The molecule has 2 N–H and O–H groups in total. The summed E-state index contributed by atoms with van der Waals surface area (Å²) in [5.41, 5.74) is 4.18. The number of hydrogen-bond acceptors (Lipinski definition) is 5. The Bertz CT molecular complexity index is 1270. The fraction of sp³-hybridized carbons (Fsp3) is 0.261. The summed E-state index contributed by atoms with van der Waals surface area (Å²) in [7, 11) is -3.40. The Kier molecular flexibility index (Phi) is 6.40. The van der Waals surface area contributed by atoms with Crippen molar-refractivity contribution in [2.45, 2.75) is 27.7 Å². The van der Waals surface area contributed by atoms with Crippen molar-refractivity contribution < 1.29 is 22.4 Å². The molecule has 164 valence electrons. The molecule has 1 heterocycles. The van der Waals surface area contributed by atoms with E-state index in [0.717, 1.165) is 39.7 Å². The maximum Gasteiger partial charge on any atom is 0.248 e. The number of rotatable bonds is 7. The van der Waals surface area contributed by atoms with Crippen LogP contribution in [-0.4, -0.2) is 27.2 Å². The molecular formula is C23H26N2O5S. The Morgan fingerprint density at radius 1 is 1.16 bits per heavy atom. The van der Waals surface area contributed by atoms with Crippen LogP contribution in [0.15, 0.2) is 46.9 Å². The van der Waals surface area contributed by atoms with E-state index in [9.17, 15) is 13.2 Å². The molecule has 1 aromatic heterocycles. The zero-order valence-electron chi connectivity index (χ0n) is 18.2. The fourth-order valence-corrected chi connectivity index (χ4v) is 3.84. The lowest BCUT2D eigenvalue weighted by atomic mass is 10.0. The number of hydrogen-bond donors (Lipinski definition) is 2. The minimum Gasteiger partial charge on any atom is -0.493 e. The predicted octanol–water partition coefficient (Wildman–Crippen LogP) is 4.86. The number of sulfonamides is 1. The van der Waals surface area contributed by atoms with E-state index in [2.05, 4.69) is 10.0 Å². The molecule has 0 spiro atoms. The summed E-state index contributed by atoms with van der Waals surface area (Å²) in [5.74, 6) is 1.15. The first-order valence-electron chi connectivity index (χ1n) is 9.81. The number of amides is 1. The molecule has 0 aliphatic carbocycles. The van der Waals surface area contributed by atoms with E-state index < -0.39 is 10.0 Å². The van der Waals surface area contributed by atoms with Crippen LogP contribution in [0.4, 0.5) is 11.4 Å². The summed E-state index contributed by atoms with van der Waals surface area (Å²) < 4.78 is 36.8. The van der Waals surface area contributed by atoms with Gasteiger partial charge >= 0.3 is 0 Å². The first kappa shape index (κ1) is 22.4. The van der Waals surface area contributed by atoms with Gasteiger partial charge in [-0.3, -0.25) is 9.52 Å². The van der Waals surface area contributed by atoms with E-state index in [1.807, 2.05) is 39.8 Å². The number of anilines is 2. The summed E-state index contributed by atoms with van der Waals surface area (Å²) in [6.07, 6.45) is 2.56. The van der Waals surface area contributed by atoms with Gasteiger partial charge in [0.05, 0.1) is 18.6 Å². The molecule has 3 rings (SSSR count). The van der Waals surface area contributed by atoms with Crippen molar-refractivity contribution in [3.05, 3.63) is 59.4 Å². The van der Waals surface area contributed by atoms with Crippen LogP contribution in [-0.2, 0) is 14.8 Å². The van der Waals surface area contributed by atoms with Crippen LogP contribution in [0.1, 0.15) is 30.7 Å². The van der Waals surface area contributed by atoms with E-state index >= 15 is 0 Å². The van der Waals surface area contributed by atoms with Crippen LogP contribution in [0.2, 0.25) is 0 Å². The molecule has 3 aromatic rings. The average molecular weight is 443 g/mol. The van der Waals surface area contributed by atoms with Gasteiger partial charge in [0, 0.05) is 28.8 Å². The van der Waals surface area contributed by atoms with Gasteiger partial charge in [0.2, 0.25) is 15.9 Å². The number of nitrogens with one attached hydrogen (secondary N) is 2. The lowest BCUT2D eigenvalue weighted by Gasteiger charge is -2.12. The van der Waals surface area contributed by atoms with E-state index in [4.69, 9.17) is 9.15 Å². The Balaban J connectivity index is 1.89. The molecule has 7 nitrogen and oxygen atoms in total.